The van der Waals surface area contributed by atoms with Crippen molar-refractivity contribution in [3.63, 3.8) is 0 Å². The lowest BCUT2D eigenvalue weighted by Crippen LogP contribution is -2.21. The van der Waals surface area contributed by atoms with Gasteiger partial charge in [0, 0.05) is 17.6 Å². The average Bonchev–Trinajstić information content (AvgIpc) is 2.10. The predicted octanol–water partition coefficient (Wildman–Crippen LogP) is 2.01. The topological polar surface area (TPSA) is 23.5 Å². The molecule has 0 aliphatic rings. The molecule has 14 heavy (non-hydrogen) atoms. The van der Waals surface area contributed by atoms with Crippen LogP contribution in [0.1, 0.15) is 5.56 Å². The molecule has 0 aliphatic heterocycles. The van der Waals surface area contributed by atoms with E-state index in [1.807, 2.05) is 11.9 Å². The van der Waals surface area contributed by atoms with Crippen LogP contribution in [0.3, 0.4) is 0 Å². The first-order valence-electron chi connectivity index (χ1n) is 4.37. The van der Waals surface area contributed by atoms with Gasteiger partial charge in [-0.15, -0.1) is 0 Å². The Morgan fingerprint density at radius 1 is 1.50 bits per heavy atom. The van der Waals surface area contributed by atoms with E-state index in [2.05, 4.69) is 15.9 Å². The number of likely N-dealkylation sites (N-methyl/N-ethyl adjacent to an activating group) is 1. The van der Waals surface area contributed by atoms with E-state index in [1.165, 1.54) is 12.1 Å². The maximum atomic E-state index is 12.7. The van der Waals surface area contributed by atoms with Gasteiger partial charge in [0.1, 0.15) is 5.82 Å². The normalized spacial score (nSPS) is 10.9. The molecule has 0 aliphatic carbocycles. The summed E-state index contributed by atoms with van der Waals surface area (Å²) in [5, 5.41) is 8.71. The average molecular weight is 262 g/mol. The summed E-state index contributed by atoms with van der Waals surface area (Å²) in [6.07, 6.45) is 0. The second kappa shape index (κ2) is 5.44. The van der Waals surface area contributed by atoms with Gasteiger partial charge >= 0.3 is 0 Å². The minimum absolute atomic E-state index is 0.134. The molecule has 4 heteroatoms. The summed E-state index contributed by atoms with van der Waals surface area (Å²) in [5.74, 6) is -0.245. The van der Waals surface area contributed by atoms with Crippen molar-refractivity contribution in [2.24, 2.45) is 0 Å². The fourth-order valence-electron chi connectivity index (χ4n) is 1.19. The molecular weight excluding hydrogens is 249 g/mol. The van der Waals surface area contributed by atoms with E-state index in [9.17, 15) is 4.39 Å². The van der Waals surface area contributed by atoms with Crippen LogP contribution in [0.2, 0.25) is 0 Å². The first-order chi connectivity index (χ1) is 6.63. The molecule has 0 saturated heterocycles. The number of rotatable bonds is 4. The zero-order valence-electron chi connectivity index (χ0n) is 8.00. The van der Waals surface area contributed by atoms with Crippen molar-refractivity contribution in [1.29, 1.82) is 0 Å². The summed E-state index contributed by atoms with van der Waals surface area (Å²) >= 11 is 3.30. The summed E-state index contributed by atoms with van der Waals surface area (Å²) in [5.41, 5.74) is 1.02. The quantitative estimate of drug-likeness (QED) is 0.897. The monoisotopic (exact) mass is 261 g/mol. The minimum atomic E-state index is -0.245. The van der Waals surface area contributed by atoms with E-state index in [-0.39, 0.29) is 12.4 Å². The Morgan fingerprint density at radius 3 is 2.79 bits per heavy atom. The van der Waals surface area contributed by atoms with Gasteiger partial charge in [0.25, 0.3) is 0 Å². The van der Waals surface area contributed by atoms with Gasteiger partial charge in [0.2, 0.25) is 0 Å². The number of nitrogens with zero attached hydrogens (tertiary/aromatic N) is 1. The SMILES string of the molecule is CN(CCO)Cc1ccc(F)cc1Br. The zero-order chi connectivity index (χ0) is 10.6. The molecule has 1 aromatic carbocycles. The number of aliphatic hydroxyl groups excluding tert-OH is 1. The standard InChI is InChI=1S/C10H13BrFNO/c1-13(4-5-14)7-8-2-3-9(12)6-10(8)11/h2-3,6,14H,4-5,7H2,1H3. The zero-order valence-corrected chi connectivity index (χ0v) is 9.59. The van der Waals surface area contributed by atoms with Gasteiger partial charge in [-0.1, -0.05) is 22.0 Å². The predicted molar refractivity (Wildman–Crippen MR) is 57.5 cm³/mol. The molecule has 0 fully saturated rings. The number of aliphatic hydroxyl groups is 1. The fourth-order valence-corrected chi connectivity index (χ4v) is 1.67. The molecule has 78 valence electrons. The lowest BCUT2D eigenvalue weighted by Gasteiger charge is -2.15. The summed E-state index contributed by atoms with van der Waals surface area (Å²) in [6.45, 7) is 1.44. The van der Waals surface area contributed by atoms with E-state index < -0.39 is 0 Å². The third-order valence-electron chi connectivity index (χ3n) is 1.94. The van der Waals surface area contributed by atoms with Crippen LogP contribution in [0.5, 0.6) is 0 Å². The molecule has 1 aromatic rings. The van der Waals surface area contributed by atoms with Gasteiger partial charge < -0.3 is 5.11 Å². The van der Waals surface area contributed by atoms with Crippen LogP contribution >= 0.6 is 15.9 Å². The molecule has 1 N–H and O–H groups in total. The first-order valence-corrected chi connectivity index (χ1v) is 5.16. The molecular formula is C10H13BrFNO. The van der Waals surface area contributed by atoms with Crippen molar-refractivity contribution in [2.45, 2.75) is 6.54 Å². The van der Waals surface area contributed by atoms with E-state index in [0.29, 0.717) is 13.1 Å². The van der Waals surface area contributed by atoms with Crippen molar-refractivity contribution >= 4 is 15.9 Å². The highest BCUT2D eigenvalue weighted by atomic mass is 79.9. The molecule has 2 nitrogen and oxygen atoms in total. The van der Waals surface area contributed by atoms with E-state index in [4.69, 9.17) is 5.11 Å². The van der Waals surface area contributed by atoms with Crippen molar-refractivity contribution < 1.29 is 9.50 Å². The van der Waals surface area contributed by atoms with Gasteiger partial charge in [-0.2, -0.15) is 0 Å². The van der Waals surface area contributed by atoms with Gasteiger partial charge in [-0.25, -0.2) is 4.39 Å². The van der Waals surface area contributed by atoms with Crippen LogP contribution in [0.15, 0.2) is 22.7 Å². The van der Waals surface area contributed by atoms with Crippen molar-refractivity contribution in [1.82, 2.24) is 4.90 Å². The lowest BCUT2D eigenvalue weighted by atomic mass is 10.2. The highest BCUT2D eigenvalue weighted by Crippen LogP contribution is 2.19. The van der Waals surface area contributed by atoms with Crippen LogP contribution in [0.4, 0.5) is 4.39 Å². The Hall–Kier alpha value is -0.450. The van der Waals surface area contributed by atoms with E-state index in [0.717, 1.165) is 10.0 Å². The molecule has 0 spiro atoms. The number of halogens is 2. The van der Waals surface area contributed by atoms with Gasteiger partial charge in [0.05, 0.1) is 6.61 Å². The summed E-state index contributed by atoms with van der Waals surface area (Å²) < 4.78 is 13.5. The van der Waals surface area contributed by atoms with Crippen molar-refractivity contribution in [3.8, 4) is 0 Å². The van der Waals surface area contributed by atoms with E-state index >= 15 is 0 Å². The molecule has 0 aromatic heterocycles. The van der Waals surface area contributed by atoms with Gasteiger partial charge in [-0.05, 0) is 24.7 Å². The Labute approximate surface area is 91.5 Å². The summed E-state index contributed by atoms with van der Waals surface area (Å²) in [4.78, 5) is 1.97. The highest BCUT2D eigenvalue weighted by molar-refractivity contribution is 9.10. The van der Waals surface area contributed by atoms with Crippen LogP contribution in [-0.2, 0) is 6.54 Å². The number of hydrogen-bond acceptors (Lipinski definition) is 2. The number of benzene rings is 1. The maximum absolute atomic E-state index is 12.7. The third kappa shape index (κ3) is 3.36. The summed E-state index contributed by atoms with van der Waals surface area (Å²) in [7, 11) is 1.91. The Morgan fingerprint density at radius 2 is 2.21 bits per heavy atom. The van der Waals surface area contributed by atoms with Crippen molar-refractivity contribution in [3.05, 3.63) is 34.1 Å². The van der Waals surface area contributed by atoms with E-state index in [1.54, 1.807) is 6.07 Å². The Balaban J connectivity index is 2.67. The lowest BCUT2D eigenvalue weighted by molar-refractivity contribution is 0.217. The second-order valence-corrected chi connectivity index (χ2v) is 4.05. The number of hydrogen-bond donors (Lipinski definition) is 1. The van der Waals surface area contributed by atoms with Crippen LogP contribution in [0.25, 0.3) is 0 Å². The molecule has 0 radical (unpaired) electrons. The fraction of sp³-hybridized carbons (Fsp3) is 0.400. The van der Waals surface area contributed by atoms with Crippen LogP contribution in [0, 0.1) is 5.82 Å². The molecule has 0 heterocycles. The molecule has 0 amide bonds. The van der Waals surface area contributed by atoms with Gasteiger partial charge in [-0.3, -0.25) is 4.90 Å². The molecule has 1 rings (SSSR count). The molecule has 0 atom stereocenters. The third-order valence-corrected chi connectivity index (χ3v) is 2.68. The molecule has 0 saturated carbocycles. The second-order valence-electron chi connectivity index (χ2n) is 3.20. The first kappa shape index (κ1) is 11.6. The van der Waals surface area contributed by atoms with Crippen LogP contribution in [-0.4, -0.2) is 30.2 Å². The van der Waals surface area contributed by atoms with Crippen molar-refractivity contribution in [2.75, 3.05) is 20.2 Å². The van der Waals surface area contributed by atoms with Gasteiger partial charge in [0.15, 0.2) is 0 Å². The van der Waals surface area contributed by atoms with Crippen LogP contribution < -0.4 is 0 Å². The minimum Gasteiger partial charge on any atom is -0.395 e. The largest absolute Gasteiger partial charge is 0.395 e. The Bertz CT molecular complexity index is 306. The molecule has 0 bridgehead atoms. The smallest absolute Gasteiger partial charge is 0.124 e. The summed E-state index contributed by atoms with van der Waals surface area (Å²) in [6, 6.07) is 4.63. The molecule has 0 unspecified atom stereocenters. The highest BCUT2D eigenvalue weighted by Gasteiger charge is 2.04. The Kier molecular flexibility index (Phi) is 4.51. The maximum Gasteiger partial charge on any atom is 0.124 e.